The van der Waals surface area contributed by atoms with E-state index >= 15 is 0 Å². The van der Waals surface area contributed by atoms with Crippen LogP contribution in [0.1, 0.15) is 80.4 Å². The predicted octanol–water partition coefficient (Wildman–Crippen LogP) is 6.05. The lowest BCUT2D eigenvalue weighted by atomic mass is 9.62. The Labute approximate surface area is 197 Å². The zero-order chi connectivity index (χ0) is 23.8. The van der Waals surface area contributed by atoms with Crippen LogP contribution in [0.15, 0.2) is 54.7 Å². The van der Waals surface area contributed by atoms with Crippen molar-refractivity contribution in [2.75, 3.05) is 13.2 Å². The molecule has 1 heterocycles. The van der Waals surface area contributed by atoms with Crippen molar-refractivity contribution in [1.29, 1.82) is 0 Å². The van der Waals surface area contributed by atoms with Crippen LogP contribution in [0, 0.1) is 0 Å². The second-order valence-corrected chi connectivity index (χ2v) is 10.7. The molecule has 0 radical (unpaired) electrons. The molecule has 0 saturated carbocycles. The monoisotopic (exact) mass is 449 g/mol. The van der Waals surface area contributed by atoms with Crippen molar-refractivity contribution in [2.45, 2.75) is 70.3 Å². The summed E-state index contributed by atoms with van der Waals surface area (Å²) in [5, 5.41) is 11.0. The molecule has 5 heteroatoms. The van der Waals surface area contributed by atoms with Crippen molar-refractivity contribution in [3.63, 3.8) is 0 Å². The summed E-state index contributed by atoms with van der Waals surface area (Å²) in [6.07, 6.45) is 6.46. The standard InChI is InChI=1S/C28H35NO4/c1-19-12-15-29(33-19)17-22(18-32-23-9-6-20(7-10-23)26(30)31)21-8-11-24-25(16-21)28(4,5)14-13-27(24,2)3/h6-12,15-16,19,22H,13-14,17-18H2,1-5H3,(H,30,31). The Morgan fingerprint density at radius 2 is 1.76 bits per heavy atom. The molecule has 0 aromatic heterocycles. The summed E-state index contributed by atoms with van der Waals surface area (Å²) >= 11 is 0. The van der Waals surface area contributed by atoms with Gasteiger partial charge in [-0.15, -0.1) is 0 Å². The molecule has 4 rings (SSSR count). The van der Waals surface area contributed by atoms with Gasteiger partial charge >= 0.3 is 5.97 Å². The van der Waals surface area contributed by atoms with E-state index in [4.69, 9.17) is 14.7 Å². The third kappa shape index (κ3) is 5.09. The van der Waals surface area contributed by atoms with E-state index in [1.165, 1.54) is 29.5 Å². The van der Waals surface area contributed by atoms with Crippen LogP contribution in [0.2, 0.25) is 0 Å². The van der Waals surface area contributed by atoms with Crippen molar-refractivity contribution < 1.29 is 19.5 Å². The highest BCUT2D eigenvalue weighted by molar-refractivity contribution is 5.87. The lowest BCUT2D eigenvalue weighted by molar-refractivity contribution is -0.127. The predicted molar refractivity (Wildman–Crippen MR) is 130 cm³/mol. The van der Waals surface area contributed by atoms with Gasteiger partial charge in [0.05, 0.1) is 18.7 Å². The van der Waals surface area contributed by atoms with Crippen molar-refractivity contribution in [3.05, 3.63) is 77.0 Å². The van der Waals surface area contributed by atoms with Gasteiger partial charge in [0.1, 0.15) is 11.9 Å². The molecule has 176 valence electrons. The SMILES string of the molecule is CC1C=CN(CC(COc2ccc(C(=O)O)cc2)c2ccc3c(c2)C(C)(C)CCC3(C)C)O1. The van der Waals surface area contributed by atoms with Crippen LogP contribution in [-0.2, 0) is 15.7 Å². The van der Waals surface area contributed by atoms with E-state index in [2.05, 4.69) is 45.9 Å². The van der Waals surface area contributed by atoms with E-state index in [1.807, 2.05) is 24.3 Å². The number of hydroxylamine groups is 2. The van der Waals surface area contributed by atoms with Gasteiger partial charge in [-0.3, -0.25) is 9.90 Å². The molecular formula is C28H35NO4. The molecule has 2 aromatic rings. The summed E-state index contributed by atoms with van der Waals surface area (Å²) in [5.74, 6) is -0.188. The Balaban J connectivity index is 1.60. The molecule has 1 aliphatic carbocycles. The molecule has 33 heavy (non-hydrogen) atoms. The van der Waals surface area contributed by atoms with Gasteiger partial charge in [0.15, 0.2) is 0 Å². The van der Waals surface area contributed by atoms with E-state index in [0.717, 1.165) is 0 Å². The molecule has 2 atom stereocenters. The fourth-order valence-corrected chi connectivity index (χ4v) is 4.83. The maximum atomic E-state index is 11.1. The molecule has 5 nitrogen and oxygen atoms in total. The Morgan fingerprint density at radius 1 is 1.09 bits per heavy atom. The van der Waals surface area contributed by atoms with E-state index in [0.29, 0.717) is 18.9 Å². The second-order valence-electron chi connectivity index (χ2n) is 10.7. The zero-order valence-corrected chi connectivity index (χ0v) is 20.3. The zero-order valence-electron chi connectivity index (χ0n) is 20.3. The summed E-state index contributed by atoms with van der Waals surface area (Å²) in [4.78, 5) is 17.0. The fourth-order valence-electron chi connectivity index (χ4n) is 4.83. The first kappa shape index (κ1) is 23.4. The number of benzene rings is 2. The van der Waals surface area contributed by atoms with E-state index in [9.17, 15) is 4.79 Å². The molecule has 0 fully saturated rings. The lowest BCUT2D eigenvalue weighted by Gasteiger charge is -2.42. The van der Waals surface area contributed by atoms with Crippen molar-refractivity contribution >= 4 is 5.97 Å². The highest BCUT2D eigenvalue weighted by atomic mass is 16.7. The minimum Gasteiger partial charge on any atom is -0.493 e. The average Bonchev–Trinajstić information content (AvgIpc) is 3.19. The third-order valence-electron chi connectivity index (χ3n) is 7.13. The minimum absolute atomic E-state index is 0.0680. The first-order chi connectivity index (χ1) is 15.5. The summed E-state index contributed by atoms with van der Waals surface area (Å²) < 4.78 is 6.13. The van der Waals surface area contributed by atoms with Gasteiger partial charge in [-0.1, -0.05) is 45.9 Å². The van der Waals surface area contributed by atoms with E-state index in [1.54, 1.807) is 24.3 Å². The summed E-state index contributed by atoms with van der Waals surface area (Å²) in [7, 11) is 0. The van der Waals surface area contributed by atoms with Crippen LogP contribution in [0.4, 0.5) is 0 Å². The van der Waals surface area contributed by atoms with Crippen LogP contribution in [0.25, 0.3) is 0 Å². The number of carboxylic acids is 1. The van der Waals surface area contributed by atoms with Gasteiger partial charge < -0.3 is 9.84 Å². The molecule has 2 aliphatic rings. The van der Waals surface area contributed by atoms with Gasteiger partial charge in [0, 0.05) is 12.1 Å². The number of rotatable bonds is 7. The highest BCUT2D eigenvalue weighted by Gasteiger charge is 2.37. The van der Waals surface area contributed by atoms with Crippen LogP contribution in [-0.4, -0.2) is 35.4 Å². The number of ether oxygens (including phenoxy) is 1. The number of aromatic carboxylic acids is 1. The molecule has 0 amide bonds. The Kier molecular flexibility index (Phi) is 6.28. The Morgan fingerprint density at radius 3 is 2.36 bits per heavy atom. The molecule has 1 aliphatic heterocycles. The first-order valence-corrected chi connectivity index (χ1v) is 11.8. The van der Waals surface area contributed by atoms with Gasteiger partial charge in [-0.2, -0.15) is 0 Å². The number of fused-ring (bicyclic) bond motifs is 1. The van der Waals surface area contributed by atoms with Gasteiger partial charge in [0.2, 0.25) is 0 Å². The largest absolute Gasteiger partial charge is 0.493 e. The van der Waals surface area contributed by atoms with E-state index < -0.39 is 5.97 Å². The number of hydrogen-bond donors (Lipinski definition) is 1. The highest BCUT2D eigenvalue weighted by Crippen LogP contribution is 2.46. The maximum absolute atomic E-state index is 11.1. The smallest absolute Gasteiger partial charge is 0.335 e. The molecule has 2 unspecified atom stereocenters. The maximum Gasteiger partial charge on any atom is 0.335 e. The summed E-state index contributed by atoms with van der Waals surface area (Å²) in [6, 6.07) is 13.5. The molecule has 1 N–H and O–H groups in total. The molecule has 0 spiro atoms. The minimum atomic E-state index is -0.939. The van der Waals surface area contributed by atoms with Crippen LogP contribution in [0.5, 0.6) is 5.75 Å². The van der Waals surface area contributed by atoms with Crippen LogP contribution < -0.4 is 4.74 Å². The molecular weight excluding hydrogens is 414 g/mol. The quantitative estimate of drug-likeness (QED) is 0.558. The molecule has 0 saturated heterocycles. The van der Waals surface area contributed by atoms with Crippen molar-refractivity contribution in [1.82, 2.24) is 5.06 Å². The average molecular weight is 450 g/mol. The third-order valence-corrected chi connectivity index (χ3v) is 7.13. The van der Waals surface area contributed by atoms with Crippen LogP contribution >= 0.6 is 0 Å². The Hall–Kier alpha value is -2.79. The van der Waals surface area contributed by atoms with Gasteiger partial charge in [0.25, 0.3) is 0 Å². The van der Waals surface area contributed by atoms with Crippen molar-refractivity contribution in [2.24, 2.45) is 0 Å². The normalized spacial score (nSPS) is 21.5. The second kappa shape index (κ2) is 8.86. The van der Waals surface area contributed by atoms with Gasteiger partial charge in [-0.25, -0.2) is 4.79 Å². The number of carboxylic acid groups (broad SMARTS) is 1. The Bertz CT molecular complexity index is 1040. The molecule has 0 bridgehead atoms. The van der Waals surface area contributed by atoms with Crippen molar-refractivity contribution in [3.8, 4) is 5.75 Å². The fraction of sp³-hybridized carbons (Fsp3) is 0.464. The summed E-state index contributed by atoms with van der Waals surface area (Å²) in [6.45, 7) is 12.5. The van der Waals surface area contributed by atoms with Crippen LogP contribution in [0.3, 0.4) is 0 Å². The van der Waals surface area contributed by atoms with E-state index in [-0.39, 0.29) is 28.4 Å². The first-order valence-electron chi connectivity index (χ1n) is 11.8. The number of nitrogens with zero attached hydrogens (tertiary/aromatic N) is 1. The summed E-state index contributed by atoms with van der Waals surface area (Å²) in [5.41, 5.74) is 4.67. The topological polar surface area (TPSA) is 59.0 Å². The number of carbonyl (C=O) groups is 1. The lowest BCUT2D eigenvalue weighted by Crippen LogP contribution is -2.34. The number of hydrogen-bond acceptors (Lipinski definition) is 4. The molecule has 2 aromatic carbocycles. The van der Waals surface area contributed by atoms with Gasteiger partial charge in [-0.05, 0) is 77.6 Å².